The summed E-state index contributed by atoms with van der Waals surface area (Å²) in [7, 11) is 0. The third-order valence-electron chi connectivity index (χ3n) is 5.65. The highest BCUT2D eigenvalue weighted by Gasteiger charge is 2.20. The Morgan fingerprint density at radius 3 is 2.60 bits per heavy atom. The van der Waals surface area contributed by atoms with Crippen LogP contribution in [0, 0.1) is 12.7 Å². The summed E-state index contributed by atoms with van der Waals surface area (Å²) in [5.41, 5.74) is 1.12. The second-order valence-corrected chi connectivity index (χ2v) is 9.06. The molecule has 7 heteroatoms. The van der Waals surface area contributed by atoms with Gasteiger partial charge in [0.15, 0.2) is 0 Å². The molecule has 1 N–H and O–H groups in total. The summed E-state index contributed by atoms with van der Waals surface area (Å²) in [5.74, 6) is -0.495. The number of likely N-dealkylation sites (tertiary alicyclic amines) is 1. The van der Waals surface area contributed by atoms with E-state index in [0.29, 0.717) is 24.0 Å². The Bertz CT molecular complexity index is 1100. The van der Waals surface area contributed by atoms with E-state index < -0.39 is 0 Å². The number of aryl methyl sites for hydroxylation is 1. The molecule has 0 bridgehead atoms. The average Bonchev–Trinajstić information content (AvgIpc) is 3.09. The number of nitrogens with one attached hydrogen (secondary N) is 1. The van der Waals surface area contributed by atoms with Gasteiger partial charge in [-0.1, -0.05) is 18.6 Å². The summed E-state index contributed by atoms with van der Waals surface area (Å²) >= 11 is 1.47. The first kappa shape index (κ1) is 20.8. The molecule has 0 atom stereocenters. The van der Waals surface area contributed by atoms with Crippen LogP contribution in [-0.4, -0.2) is 41.6 Å². The summed E-state index contributed by atoms with van der Waals surface area (Å²) in [6.07, 6.45) is 5.46. The molecule has 1 aliphatic heterocycles. The maximum Gasteiger partial charge on any atom is 0.260 e. The minimum atomic E-state index is -0.307. The number of hydrogen-bond acceptors (Lipinski definition) is 4. The summed E-state index contributed by atoms with van der Waals surface area (Å²) < 4.78 is 15.6. The predicted octanol–water partition coefficient (Wildman–Crippen LogP) is 3.77. The molecule has 30 heavy (non-hydrogen) atoms. The lowest BCUT2D eigenvalue weighted by Crippen LogP contribution is -2.38. The number of thiophene rings is 1. The second-order valence-electron chi connectivity index (χ2n) is 7.81. The molecule has 1 aliphatic rings. The Hall–Kier alpha value is -2.51. The van der Waals surface area contributed by atoms with Crippen molar-refractivity contribution in [1.82, 2.24) is 14.8 Å². The van der Waals surface area contributed by atoms with Crippen molar-refractivity contribution in [1.29, 1.82) is 0 Å². The van der Waals surface area contributed by atoms with Crippen molar-refractivity contribution < 1.29 is 9.18 Å². The zero-order valence-electron chi connectivity index (χ0n) is 17.1. The number of rotatable bonds is 6. The van der Waals surface area contributed by atoms with Crippen LogP contribution in [0.5, 0.6) is 0 Å². The smallest absolute Gasteiger partial charge is 0.260 e. The van der Waals surface area contributed by atoms with Gasteiger partial charge in [0, 0.05) is 28.9 Å². The molecule has 1 amide bonds. The van der Waals surface area contributed by atoms with Gasteiger partial charge in [0.1, 0.15) is 5.82 Å². The first-order chi connectivity index (χ1) is 14.5. The van der Waals surface area contributed by atoms with Crippen molar-refractivity contribution in [3.63, 3.8) is 0 Å². The van der Waals surface area contributed by atoms with Crippen LogP contribution in [0.1, 0.15) is 40.1 Å². The summed E-state index contributed by atoms with van der Waals surface area (Å²) in [6.45, 7) is 5.80. The van der Waals surface area contributed by atoms with Crippen molar-refractivity contribution in [2.24, 2.45) is 0 Å². The van der Waals surface area contributed by atoms with Gasteiger partial charge in [-0.05, 0) is 56.6 Å². The minimum Gasteiger partial charge on any atom is -0.351 e. The van der Waals surface area contributed by atoms with Crippen LogP contribution in [0.4, 0.5) is 4.39 Å². The number of carbonyl (C=O) groups is 1. The number of halogens is 1. The summed E-state index contributed by atoms with van der Waals surface area (Å²) in [6, 6.07) is 7.98. The molecule has 1 fully saturated rings. The van der Waals surface area contributed by atoms with Crippen molar-refractivity contribution in [3.05, 3.63) is 68.7 Å². The van der Waals surface area contributed by atoms with Crippen molar-refractivity contribution in [2.75, 3.05) is 26.2 Å². The Kier molecular flexibility index (Phi) is 6.29. The Morgan fingerprint density at radius 2 is 1.87 bits per heavy atom. The highest BCUT2D eigenvalue weighted by Crippen LogP contribution is 2.28. The quantitative estimate of drug-likeness (QED) is 0.652. The fourth-order valence-corrected chi connectivity index (χ4v) is 5.10. The molecular weight excluding hydrogens is 401 g/mol. The molecule has 3 heterocycles. The first-order valence-electron chi connectivity index (χ1n) is 10.4. The second kappa shape index (κ2) is 9.10. The number of pyridine rings is 1. The zero-order chi connectivity index (χ0) is 21.1. The van der Waals surface area contributed by atoms with E-state index in [1.54, 1.807) is 22.9 Å². The van der Waals surface area contributed by atoms with Gasteiger partial charge in [-0.15, -0.1) is 11.3 Å². The summed E-state index contributed by atoms with van der Waals surface area (Å²) in [5, 5.41) is 3.47. The minimum absolute atomic E-state index is 0.188. The molecule has 1 aromatic carbocycles. The number of aromatic nitrogens is 1. The SMILES string of the molecule is Cc1sc2ccn(Cc3ccc(F)cc3)c(=O)c2c1C(=O)NCCN1CCCCC1. The van der Waals surface area contributed by atoms with Gasteiger partial charge in [-0.2, -0.15) is 0 Å². The molecule has 1 saturated heterocycles. The van der Waals surface area contributed by atoms with Crippen molar-refractivity contribution in [3.8, 4) is 0 Å². The fourth-order valence-electron chi connectivity index (χ4n) is 4.05. The molecule has 3 aromatic rings. The zero-order valence-corrected chi connectivity index (χ0v) is 17.9. The standard InChI is InChI=1S/C23H26FN3O2S/c1-16-20(22(28)25-10-14-26-11-3-2-4-12-26)21-19(30-16)9-13-27(23(21)29)15-17-5-7-18(24)8-6-17/h5-9,13H,2-4,10-12,14-15H2,1H3,(H,25,28). The maximum absolute atomic E-state index is 13.2. The third kappa shape index (κ3) is 4.47. The van der Waals surface area contributed by atoms with Gasteiger partial charge in [0.25, 0.3) is 11.5 Å². The molecule has 0 radical (unpaired) electrons. The number of benzene rings is 1. The van der Waals surface area contributed by atoms with Crippen LogP contribution in [0.25, 0.3) is 10.1 Å². The number of fused-ring (bicyclic) bond motifs is 1. The molecule has 0 spiro atoms. The molecule has 0 aliphatic carbocycles. The number of hydrogen-bond donors (Lipinski definition) is 1. The fraction of sp³-hybridized carbons (Fsp3) is 0.391. The molecule has 4 rings (SSSR count). The molecule has 0 unspecified atom stereocenters. The van der Waals surface area contributed by atoms with Crippen LogP contribution >= 0.6 is 11.3 Å². The van der Waals surface area contributed by atoms with E-state index in [1.807, 2.05) is 13.0 Å². The first-order valence-corrected chi connectivity index (χ1v) is 11.2. The molecule has 0 saturated carbocycles. The largest absolute Gasteiger partial charge is 0.351 e. The predicted molar refractivity (Wildman–Crippen MR) is 119 cm³/mol. The van der Waals surface area contributed by atoms with E-state index in [1.165, 1.54) is 42.7 Å². The summed E-state index contributed by atoms with van der Waals surface area (Å²) in [4.78, 5) is 29.3. The van der Waals surface area contributed by atoms with E-state index >= 15 is 0 Å². The van der Waals surface area contributed by atoms with E-state index in [9.17, 15) is 14.0 Å². The highest BCUT2D eigenvalue weighted by molar-refractivity contribution is 7.19. The lowest BCUT2D eigenvalue weighted by molar-refractivity contribution is 0.0948. The number of piperidine rings is 1. The normalized spacial score (nSPS) is 14.9. The molecule has 5 nitrogen and oxygen atoms in total. The van der Waals surface area contributed by atoms with E-state index in [4.69, 9.17) is 0 Å². The Labute approximate surface area is 179 Å². The van der Waals surface area contributed by atoms with Gasteiger partial charge in [0.2, 0.25) is 0 Å². The monoisotopic (exact) mass is 427 g/mol. The van der Waals surface area contributed by atoms with E-state index in [2.05, 4.69) is 10.2 Å². The van der Waals surface area contributed by atoms with Crippen LogP contribution in [0.2, 0.25) is 0 Å². The van der Waals surface area contributed by atoms with Crippen molar-refractivity contribution >= 4 is 27.3 Å². The van der Waals surface area contributed by atoms with Crippen LogP contribution < -0.4 is 10.9 Å². The Morgan fingerprint density at radius 1 is 1.13 bits per heavy atom. The van der Waals surface area contributed by atoms with Crippen LogP contribution in [-0.2, 0) is 6.54 Å². The van der Waals surface area contributed by atoms with E-state index in [-0.39, 0.29) is 17.3 Å². The van der Waals surface area contributed by atoms with Gasteiger partial charge in [-0.25, -0.2) is 4.39 Å². The van der Waals surface area contributed by atoms with Crippen LogP contribution in [0.3, 0.4) is 0 Å². The highest BCUT2D eigenvalue weighted by atomic mass is 32.1. The molecule has 2 aromatic heterocycles. The van der Waals surface area contributed by atoms with Crippen molar-refractivity contribution in [2.45, 2.75) is 32.7 Å². The lowest BCUT2D eigenvalue weighted by Gasteiger charge is -2.26. The number of nitrogens with zero attached hydrogens (tertiary/aromatic N) is 2. The topological polar surface area (TPSA) is 54.3 Å². The number of carbonyl (C=O) groups excluding carboxylic acids is 1. The van der Waals surface area contributed by atoms with Crippen LogP contribution in [0.15, 0.2) is 41.3 Å². The van der Waals surface area contributed by atoms with Gasteiger partial charge < -0.3 is 14.8 Å². The van der Waals surface area contributed by atoms with Gasteiger partial charge >= 0.3 is 0 Å². The average molecular weight is 428 g/mol. The lowest BCUT2D eigenvalue weighted by atomic mass is 10.1. The third-order valence-corrected chi connectivity index (χ3v) is 6.72. The van der Waals surface area contributed by atoms with E-state index in [0.717, 1.165) is 34.8 Å². The maximum atomic E-state index is 13.2. The number of amides is 1. The molecule has 158 valence electrons. The van der Waals surface area contributed by atoms with Gasteiger partial charge in [-0.3, -0.25) is 9.59 Å². The van der Waals surface area contributed by atoms with Gasteiger partial charge in [0.05, 0.1) is 17.5 Å². The Balaban J connectivity index is 1.54. The molecular formula is C23H26FN3O2S.